The van der Waals surface area contributed by atoms with Gasteiger partial charge in [0, 0.05) is 27.4 Å². The fourth-order valence-electron chi connectivity index (χ4n) is 2.19. The second kappa shape index (κ2) is 5.88. The Bertz CT molecular complexity index is 518. The monoisotopic (exact) mass is 285 g/mol. The van der Waals surface area contributed by atoms with Gasteiger partial charge in [0.1, 0.15) is 24.1 Å². The van der Waals surface area contributed by atoms with Crippen LogP contribution in [0.3, 0.4) is 0 Å². The molecule has 112 valence electrons. The highest BCUT2D eigenvalue weighted by molar-refractivity contribution is 5.33. The average Bonchev–Trinajstić information content (AvgIpc) is 2.74. The van der Waals surface area contributed by atoms with Gasteiger partial charge in [0.15, 0.2) is 6.23 Å². The molecule has 20 heavy (non-hydrogen) atoms. The second-order valence-corrected chi connectivity index (χ2v) is 4.81. The van der Waals surface area contributed by atoms with E-state index in [-0.39, 0.29) is 6.61 Å². The number of methoxy groups -OCH3 is 1. The Morgan fingerprint density at radius 1 is 1.55 bits per heavy atom. The smallest absolute Gasteiger partial charge is 0.351 e. The molecule has 2 rings (SSSR count). The van der Waals surface area contributed by atoms with Gasteiger partial charge in [-0.1, -0.05) is 0 Å². The largest absolute Gasteiger partial charge is 0.394 e. The summed E-state index contributed by atoms with van der Waals surface area (Å²) in [6.07, 6.45) is -1.81. The number of hydrogen-bond acceptors (Lipinski definition) is 7. The van der Waals surface area contributed by atoms with Crippen molar-refractivity contribution in [3.8, 4) is 0 Å². The number of anilines is 1. The molecule has 0 amide bonds. The van der Waals surface area contributed by atoms with Crippen LogP contribution in [0.2, 0.25) is 0 Å². The van der Waals surface area contributed by atoms with E-state index in [2.05, 4.69) is 4.98 Å². The molecule has 1 unspecified atom stereocenters. The summed E-state index contributed by atoms with van der Waals surface area (Å²) in [4.78, 5) is 17.7. The van der Waals surface area contributed by atoms with E-state index < -0.39 is 30.2 Å². The molecule has 1 saturated heterocycles. The first-order chi connectivity index (χ1) is 9.49. The zero-order chi connectivity index (χ0) is 14.9. The molecular formula is C12H19N3O5. The Morgan fingerprint density at radius 2 is 2.25 bits per heavy atom. The lowest BCUT2D eigenvalue weighted by atomic mass is 10.1. The minimum Gasteiger partial charge on any atom is -0.394 e. The summed E-state index contributed by atoms with van der Waals surface area (Å²) in [5.41, 5.74) is -0.506. The summed E-state index contributed by atoms with van der Waals surface area (Å²) >= 11 is 0. The zero-order valence-electron chi connectivity index (χ0n) is 11.6. The van der Waals surface area contributed by atoms with E-state index in [4.69, 9.17) is 14.6 Å². The number of nitrogens with zero attached hydrogens (tertiary/aromatic N) is 3. The number of aliphatic hydroxyl groups is 2. The van der Waals surface area contributed by atoms with Crippen LogP contribution in [0.1, 0.15) is 6.23 Å². The number of aliphatic hydroxyl groups excluding tert-OH is 2. The highest BCUT2D eigenvalue weighted by atomic mass is 16.6. The van der Waals surface area contributed by atoms with Gasteiger partial charge in [0.2, 0.25) is 0 Å². The first-order valence-electron chi connectivity index (χ1n) is 6.23. The van der Waals surface area contributed by atoms with Gasteiger partial charge in [-0.05, 0) is 6.07 Å². The van der Waals surface area contributed by atoms with Crippen molar-refractivity contribution in [2.75, 3.05) is 32.7 Å². The van der Waals surface area contributed by atoms with Crippen molar-refractivity contribution in [2.24, 2.45) is 0 Å². The molecule has 8 nitrogen and oxygen atoms in total. The van der Waals surface area contributed by atoms with E-state index >= 15 is 0 Å². The Labute approximate surface area is 116 Å². The molecule has 1 aromatic heterocycles. The van der Waals surface area contributed by atoms with Crippen molar-refractivity contribution in [3.05, 3.63) is 22.7 Å². The van der Waals surface area contributed by atoms with Crippen molar-refractivity contribution in [3.63, 3.8) is 0 Å². The third kappa shape index (κ3) is 2.55. The highest BCUT2D eigenvalue weighted by Gasteiger charge is 2.45. The third-order valence-electron chi connectivity index (χ3n) is 3.31. The summed E-state index contributed by atoms with van der Waals surface area (Å²) in [6.45, 7) is -0.352. The van der Waals surface area contributed by atoms with Crippen LogP contribution in [0.4, 0.5) is 5.82 Å². The number of hydrogen-bond donors (Lipinski definition) is 2. The highest BCUT2D eigenvalue weighted by Crippen LogP contribution is 2.30. The van der Waals surface area contributed by atoms with Crippen LogP contribution >= 0.6 is 0 Å². The molecule has 8 heteroatoms. The molecule has 0 saturated carbocycles. The van der Waals surface area contributed by atoms with Gasteiger partial charge in [-0.2, -0.15) is 4.98 Å². The minimum atomic E-state index is -1.00. The summed E-state index contributed by atoms with van der Waals surface area (Å²) in [5.74, 6) is 0.525. The van der Waals surface area contributed by atoms with Gasteiger partial charge >= 0.3 is 5.69 Å². The molecule has 2 N–H and O–H groups in total. The van der Waals surface area contributed by atoms with E-state index in [9.17, 15) is 9.90 Å². The number of rotatable bonds is 4. The molecule has 1 aromatic rings. The molecule has 0 aromatic carbocycles. The van der Waals surface area contributed by atoms with Crippen molar-refractivity contribution in [2.45, 2.75) is 24.5 Å². The molecule has 1 aliphatic rings. The maximum atomic E-state index is 12.0. The molecule has 1 fully saturated rings. The number of ether oxygens (including phenoxy) is 2. The average molecular weight is 285 g/mol. The predicted octanol–water partition coefficient (Wildman–Crippen LogP) is -1.43. The molecule has 0 radical (unpaired) electrons. The Hall–Kier alpha value is -1.48. The first kappa shape index (κ1) is 14.9. The van der Waals surface area contributed by atoms with Gasteiger partial charge in [-0.3, -0.25) is 4.57 Å². The van der Waals surface area contributed by atoms with Crippen LogP contribution in [-0.2, 0) is 9.47 Å². The summed E-state index contributed by atoms with van der Waals surface area (Å²) in [5, 5.41) is 19.1. The van der Waals surface area contributed by atoms with E-state index in [1.807, 2.05) is 0 Å². The van der Waals surface area contributed by atoms with Gasteiger partial charge in [-0.15, -0.1) is 0 Å². The van der Waals surface area contributed by atoms with E-state index in [1.54, 1.807) is 25.1 Å². The lowest BCUT2D eigenvalue weighted by molar-refractivity contribution is -0.0624. The van der Waals surface area contributed by atoms with Crippen LogP contribution in [0, 0.1) is 0 Å². The Morgan fingerprint density at radius 3 is 2.75 bits per heavy atom. The SMILES string of the molecule is COC1[C@@H](O)[C@@H](CO)O[C@H]1n1ccc(N(C)C)nc1=O. The predicted molar refractivity (Wildman–Crippen MR) is 70.6 cm³/mol. The van der Waals surface area contributed by atoms with E-state index in [0.29, 0.717) is 5.82 Å². The fourth-order valence-corrected chi connectivity index (χ4v) is 2.19. The van der Waals surface area contributed by atoms with Crippen LogP contribution in [0.5, 0.6) is 0 Å². The van der Waals surface area contributed by atoms with Crippen molar-refractivity contribution in [1.29, 1.82) is 0 Å². The van der Waals surface area contributed by atoms with Crippen LogP contribution in [-0.4, -0.2) is 65.9 Å². The normalized spacial score (nSPS) is 29.6. The topological polar surface area (TPSA) is 97.1 Å². The van der Waals surface area contributed by atoms with E-state index in [1.165, 1.54) is 17.9 Å². The minimum absolute atomic E-state index is 0.352. The lowest BCUT2D eigenvalue weighted by Crippen LogP contribution is -2.37. The zero-order valence-corrected chi connectivity index (χ0v) is 11.6. The van der Waals surface area contributed by atoms with Gasteiger partial charge in [0.05, 0.1) is 6.61 Å². The maximum Gasteiger partial charge on any atom is 0.351 e. The number of aromatic nitrogens is 2. The van der Waals surface area contributed by atoms with Gasteiger partial charge in [-0.25, -0.2) is 4.79 Å². The Kier molecular flexibility index (Phi) is 4.39. The standard InChI is InChI=1S/C12H19N3O5/c1-14(2)8-4-5-15(12(18)13-8)11-10(19-3)9(17)7(6-16)20-11/h4-5,7,9-11,16-17H,6H2,1-3H3/t7-,9+,10?,11-/m1/s1. The first-order valence-corrected chi connectivity index (χ1v) is 6.23. The lowest BCUT2D eigenvalue weighted by Gasteiger charge is -2.21. The molecule has 1 aliphatic heterocycles. The summed E-state index contributed by atoms with van der Waals surface area (Å²) < 4.78 is 11.9. The molecule has 4 atom stereocenters. The maximum absolute atomic E-state index is 12.0. The molecular weight excluding hydrogens is 266 g/mol. The van der Waals surface area contributed by atoms with E-state index in [0.717, 1.165) is 0 Å². The van der Waals surface area contributed by atoms with Crippen LogP contribution < -0.4 is 10.6 Å². The fraction of sp³-hybridized carbons (Fsp3) is 0.667. The summed E-state index contributed by atoms with van der Waals surface area (Å²) in [7, 11) is 4.97. The van der Waals surface area contributed by atoms with Crippen LogP contribution in [0.25, 0.3) is 0 Å². The molecule has 0 bridgehead atoms. The van der Waals surface area contributed by atoms with Gasteiger partial charge in [0.25, 0.3) is 0 Å². The molecule has 0 aliphatic carbocycles. The molecule has 0 spiro atoms. The second-order valence-electron chi connectivity index (χ2n) is 4.81. The van der Waals surface area contributed by atoms with Crippen molar-refractivity contribution in [1.82, 2.24) is 9.55 Å². The van der Waals surface area contributed by atoms with Crippen LogP contribution in [0.15, 0.2) is 17.1 Å². The summed E-state index contributed by atoms with van der Waals surface area (Å²) in [6, 6.07) is 1.66. The van der Waals surface area contributed by atoms with Crippen molar-refractivity contribution < 1.29 is 19.7 Å². The van der Waals surface area contributed by atoms with Gasteiger partial charge < -0.3 is 24.6 Å². The quantitative estimate of drug-likeness (QED) is 0.700. The third-order valence-corrected chi connectivity index (χ3v) is 3.31. The van der Waals surface area contributed by atoms with Crippen molar-refractivity contribution >= 4 is 5.82 Å². The Balaban J connectivity index is 2.33. The molecule has 2 heterocycles.